The molecule has 24 heavy (non-hydrogen) atoms. The Bertz CT molecular complexity index is 703. The van der Waals surface area contributed by atoms with Crippen LogP contribution in [-0.2, 0) is 11.3 Å². The van der Waals surface area contributed by atoms with Crippen LogP contribution >= 0.6 is 11.3 Å². The van der Waals surface area contributed by atoms with E-state index < -0.39 is 0 Å². The molecule has 2 heterocycles. The van der Waals surface area contributed by atoms with E-state index in [0.717, 1.165) is 54.6 Å². The minimum absolute atomic E-state index is 0.0375. The Morgan fingerprint density at radius 1 is 1.33 bits per heavy atom. The molecule has 1 aromatic carbocycles. The first kappa shape index (κ1) is 16.9. The summed E-state index contributed by atoms with van der Waals surface area (Å²) >= 11 is 1.46. The number of rotatable bonds is 6. The third-order valence-corrected chi connectivity index (χ3v) is 4.88. The summed E-state index contributed by atoms with van der Waals surface area (Å²) in [5.74, 6) is 0.916. The highest BCUT2D eigenvalue weighted by atomic mass is 32.1. The zero-order chi connectivity index (χ0) is 16.8. The van der Waals surface area contributed by atoms with Gasteiger partial charge in [0.05, 0.1) is 25.2 Å². The standard InChI is InChI=1S/C19H21NO3S/c1-22-18-7-5-15(4-6-17(21)19-3-2-12-24-19)13-16(18)14-20-8-10-23-11-9-20/h2-7,12-13H,8-11,14H2,1H3/b6-4+. The lowest BCUT2D eigenvalue weighted by Crippen LogP contribution is -2.35. The van der Waals surface area contributed by atoms with Crippen LogP contribution in [0.15, 0.2) is 41.8 Å². The average Bonchev–Trinajstić information content (AvgIpc) is 3.15. The van der Waals surface area contributed by atoms with Crippen molar-refractivity contribution < 1.29 is 14.3 Å². The summed E-state index contributed by atoms with van der Waals surface area (Å²) in [5, 5.41) is 1.91. The van der Waals surface area contributed by atoms with Gasteiger partial charge < -0.3 is 9.47 Å². The van der Waals surface area contributed by atoms with Crippen LogP contribution in [0.3, 0.4) is 0 Å². The van der Waals surface area contributed by atoms with Crippen LogP contribution in [0, 0.1) is 0 Å². The van der Waals surface area contributed by atoms with Crippen molar-refractivity contribution in [3.05, 3.63) is 57.8 Å². The summed E-state index contributed by atoms with van der Waals surface area (Å²) in [6, 6.07) is 9.76. The maximum atomic E-state index is 12.1. The number of nitrogens with zero attached hydrogens (tertiary/aromatic N) is 1. The number of hydrogen-bond acceptors (Lipinski definition) is 5. The second-order valence-corrected chi connectivity index (χ2v) is 6.58. The monoisotopic (exact) mass is 343 g/mol. The Morgan fingerprint density at radius 3 is 2.88 bits per heavy atom. The van der Waals surface area contributed by atoms with E-state index >= 15 is 0 Å². The van der Waals surface area contributed by atoms with Gasteiger partial charge in [0, 0.05) is 25.2 Å². The van der Waals surface area contributed by atoms with Gasteiger partial charge in [0.1, 0.15) is 5.75 Å². The molecule has 0 atom stereocenters. The molecule has 0 N–H and O–H groups in total. The van der Waals surface area contributed by atoms with Crippen molar-refractivity contribution in [1.29, 1.82) is 0 Å². The number of ketones is 1. The van der Waals surface area contributed by atoms with Crippen LogP contribution in [0.5, 0.6) is 5.75 Å². The molecule has 1 aromatic heterocycles. The third-order valence-electron chi connectivity index (χ3n) is 3.99. The smallest absolute Gasteiger partial charge is 0.195 e. The summed E-state index contributed by atoms with van der Waals surface area (Å²) in [4.78, 5) is 15.2. The van der Waals surface area contributed by atoms with Crippen LogP contribution in [0.25, 0.3) is 6.08 Å². The molecule has 1 saturated heterocycles. The molecule has 3 rings (SSSR count). The van der Waals surface area contributed by atoms with Gasteiger partial charge in [0.15, 0.2) is 5.78 Å². The van der Waals surface area contributed by atoms with Crippen LogP contribution in [0.4, 0.5) is 0 Å². The van der Waals surface area contributed by atoms with Crippen molar-refractivity contribution in [3.63, 3.8) is 0 Å². The molecule has 1 fully saturated rings. The van der Waals surface area contributed by atoms with Gasteiger partial charge >= 0.3 is 0 Å². The van der Waals surface area contributed by atoms with Crippen LogP contribution < -0.4 is 4.74 Å². The summed E-state index contributed by atoms with van der Waals surface area (Å²) in [7, 11) is 1.69. The number of methoxy groups -OCH3 is 1. The molecule has 4 nitrogen and oxygen atoms in total. The molecular formula is C19H21NO3S. The van der Waals surface area contributed by atoms with E-state index in [1.807, 2.05) is 35.7 Å². The van der Waals surface area contributed by atoms with Crippen LogP contribution in [0.2, 0.25) is 0 Å². The number of benzene rings is 1. The van der Waals surface area contributed by atoms with Crippen molar-refractivity contribution in [2.24, 2.45) is 0 Å². The Kier molecular flexibility index (Phi) is 5.80. The van der Waals surface area contributed by atoms with Crippen molar-refractivity contribution in [3.8, 4) is 5.75 Å². The maximum absolute atomic E-state index is 12.1. The zero-order valence-electron chi connectivity index (χ0n) is 13.7. The van der Waals surface area contributed by atoms with E-state index in [9.17, 15) is 4.79 Å². The van der Waals surface area contributed by atoms with Crippen LogP contribution in [-0.4, -0.2) is 44.1 Å². The molecule has 1 aliphatic rings. The maximum Gasteiger partial charge on any atom is 0.195 e. The third kappa shape index (κ3) is 4.32. The second kappa shape index (κ2) is 8.24. The molecule has 5 heteroatoms. The van der Waals surface area contributed by atoms with E-state index in [1.165, 1.54) is 11.3 Å². The predicted molar refractivity (Wildman–Crippen MR) is 96.8 cm³/mol. The number of hydrogen-bond donors (Lipinski definition) is 0. The number of carbonyl (C=O) groups excluding carboxylic acids is 1. The molecular weight excluding hydrogens is 322 g/mol. The van der Waals surface area contributed by atoms with Gasteiger partial charge in [0.25, 0.3) is 0 Å². The highest BCUT2D eigenvalue weighted by Crippen LogP contribution is 2.23. The lowest BCUT2D eigenvalue weighted by molar-refractivity contribution is 0.0339. The molecule has 0 radical (unpaired) electrons. The van der Waals surface area contributed by atoms with Crippen molar-refractivity contribution in [2.45, 2.75) is 6.54 Å². The summed E-state index contributed by atoms with van der Waals surface area (Å²) < 4.78 is 10.9. The summed E-state index contributed by atoms with van der Waals surface area (Å²) in [5.41, 5.74) is 2.13. The molecule has 1 aliphatic heterocycles. The van der Waals surface area contributed by atoms with Crippen molar-refractivity contribution >= 4 is 23.2 Å². The predicted octanol–water partition coefficient (Wildman–Crippen LogP) is 3.49. The van der Waals surface area contributed by atoms with Gasteiger partial charge in [-0.05, 0) is 35.2 Å². The number of ether oxygens (including phenoxy) is 2. The number of carbonyl (C=O) groups is 1. The normalized spacial score (nSPS) is 15.7. The quantitative estimate of drug-likeness (QED) is 0.594. The number of thiophene rings is 1. The van der Waals surface area contributed by atoms with Gasteiger partial charge in [-0.3, -0.25) is 9.69 Å². The van der Waals surface area contributed by atoms with Gasteiger partial charge in [-0.2, -0.15) is 0 Å². The largest absolute Gasteiger partial charge is 0.496 e. The van der Waals surface area contributed by atoms with E-state index in [2.05, 4.69) is 11.0 Å². The minimum atomic E-state index is 0.0375. The lowest BCUT2D eigenvalue weighted by atomic mass is 10.1. The van der Waals surface area contributed by atoms with Gasteiger partial charge in [-0.1, -0.05) is 18.2 Å². The minimum Gasteiger partial charge on any atom is -0.496 e. The van der Waals surface area contributed by atoms with Crippen LogP contribution in [0.1, 0.15) is 20.8 Å². The first-order valence-corrected chi connectivity index (χ1v) is 8.87. The fraction of sp³-hybridized carbons (Fsp3) is 0.316. The molecule has 0 amide bonds. The number of allylic oxidation sites excluding steroid dienone is 1. The molecule has 2 aromatic rings. The Morgan fingerprint density at radius 2 is 2.17 bits per heavy atom. The molecule has 0 spiro atoms. The van der Waals surface area contributed by atoms with Crippen molar-refractivity contribution in [2.75, 3.05) is 33.4 Å². The Hall–Kier alpha value is -1.95. The Balaban J connectivity index is 1.74. The average molecular weight is 343 g/mol. The fourth-order valence-electron chi connectivity index (χ4n) is 2.70. The molecule has 0 bridgehead atoms. The SMILES string of the molecule is COc1ccc(/C=C/C(=O)c2cccs2)cc1CN1CCOCC1. The number of morpholine rings is 1. The van der Waals surface area contributed by atoms with Gasteiger partial charge in [-0.15, -0.1) is 11.3 Å². The summed E-state index contributed by atoms with van der Waals surface area (Å²) in [6.07, 6.45) is 3.50. The highest BCUT2D eigenvalue weighted by Gasteiger charge is 2.13. The molecule has 0 unspecified atom stereocenters. The molecule has 0 saturated carbocycles. The van der Waals surface area contributed by atoms with Gasteiger partial charge in [-0.25, -0.2) is 0 Å². The van der Waals surface area contributed by atoms with E-state index in [-0.39, 0.29) is 5.78 Å². The summed E-state index contributed by atoms with van der Waals surface area (Å²) in [6.45, 7) is 4.24. The Labute approximate surface area is 146 Å². The molecule has 126 valence electrons. The topological polar surface area (TPSA) is 38.8 Å². The zero-order valence-corrected chi connectivity index (χ0v) is 14.6. The molecule has 0 aliphatic carbocycles. The fourth-order valence-corrected chi connectivity index (χ4v) is 3.34. The highest BCUT2D eigenvalue weighted by molar-refractivity contribution is 7.12. The van der Waals surface area contributed by atoms with Gasteiger partial charge in [0.2, 0.25) is 0 Å². The van der Waals surface area contributed by atoms with E-state index in [4.69, 9.17) is 9.47 Å². The first-order valence-electron chi connectivity index (χ1n) is 7.99. The van der Waals surface area contributed by atoms with E-state index in [0.29, 0.717) is 0 Å². The first-order chi connectivity index (χ1) is 11.8. The lowest BCUT2D eigenvalue weighted by Gasteiger charge is -2.27. The second-order valence-electron chi connectivity index (χ2n) is 5.63. The van der Waals surface area contributed by atoms with Crippen molar-refractivity contribution in [1.82, 2.24) is 4.90 Å². The van der Waals surface area contributed by atoms with E-state index in [1.54, 1.807) is 13.2 Å².